The van der Waals surface area contributed by atoms with Gasteiger partial charge in [-0.3, -0.25) is 9.59 Å². The number of methoxy groups -OCH3 is 1. The number of Topliss-reactive ketones (excluding diaryl/α,β-unsaturated/α-hetero) is 2. The molecule has 1 fully saturated rings. The molecule has 0 N–H and O–H groups in total. The first kappa shape index (κ1) is 28.1. The smallest absolute Gasteiger partial charge is 0.162 e. The van der Waals surface area contributed by atoms with Crippen molar-refractivity contribution < 1.29 is 14.3 Å². The van der Waals surface area contributed by atoms with E-state index in [0.29, 0.717) is 12.2 Å². The summed E-state index contributed by atoms with van der Waals surface area (Å²) in [5.74, 6) is 1.86. The van der Waals surface area contributed by atoms with E-state index in [9.17, 15) is 9.59 Å². The van der Waals surface area contributed by atoms with Gasteiger partial charge in [0.05, 0.1) is 7.11 Å². The largest absolute Gasteiger partial charge is 0.496 e. The Hall–Kier alpha value is -3.46. The van der Waals surface area contributed by atoms with Crippen LogP contribution < -0.4 is 4.74 Å². The molecule has 0 radical (unpaired) electrons. The molecule has 0 aliphatic heterocycles. The van der Waals surface area contributed by atoms with Crippen molar-refractivity contribution in [3.8, 4) is 5.75 Å². The number of rotatable bonds is 10. The maximum atomic E-state index is 14.0. The summed E-state index contributed by atoms with van der Waals surface area (Å²) < 4.78 is 6.10. The van der Waals surface area contributed by atoms with Gasteiger partial charge in [-0.15, -0.1) is 0 Å². The maximum absolute atomic E-state index is 14.0. The SMILES string of the molecule is COc1c(CCc2cccc(CC(C)=O)c2)cccc1C1CC(c2ccc(C)cc2)C=C1C(=O)C1CCCCC1. The quantitative estimate of drug-likeness (QED) is 0.263. The van der Waals surface area contributed by atoms with Crippen molar-refractivity contribution >= 4 is 11.6 Å². The summed E-state index contributed by atoms with van der Waals surface area (Å²) >= 11 is 0. The van der Waals surface area contributed by atoms with Gasteiger partial charge >= 0.3 is 0 Å². The first-order valence-electron chi connectivity index (χ1n) is 15.0. The van der Waals surface area contributed by atoms with E-state index in [4.69, 9.17) is 4.74 Å². The van der Waals surface area contributed by atoms with Crippen LogP contribution in [0.2, 0.25) is 0 Å². The molecule has 3 nitrogen and oxygen atoms in total. The van der Waals surface area contributed by atoms with E-state index >= 15 is 0 Å². The average molecular weight is 535 g/mol. The zero-order valence-electron chi connectivity index (χ0n) is 24.2. The van der Waals surface area contributed by atoms with Crippen LogP contribution in [0, 0.1) is 12.8 Å². The van der Waals surface area contributed by atoms with E-state index in [1.54, 1.807) is 14.0 Å². The second-order valence-corrected chi connectivity index (χ2v) is 11.9. The van der Waals surface area contributed by atoms with E-state index in [2.05, 4.69) is 67.6 Å². The highest BCUT2D eigenvalue weighted by Crippen LogP contribution is 2.48. The van der Waals surface area contributed by atoms with E-state index < -0.39 is 0 Å². The van der Waals surface area contributed by atoms with Crippen molar-refractivity contribution in [1.29, 1.82) is 0 Å². The molecule has 1 saturated carbocycles. The van der Waals surface area contributed by atoms with Gasteiger partial charge in [0, 0.05) is 29.7 Å². The molecule has 208 valence electrons. The number of allylic oxidation sites excluding steroid dienone is 2. The van der Waals surface area contributed by atoms with E-state index in [-0.39, 0.29) is 23.5 Å². The van der Waals surface area contributed by atoms with Gasteiger partial charge in [-0.2, -0.15) is 0 Å². The number of benzene rings is 3. The van der Waals surface area contributed by atoms with Crippen LogP contribution >= 0.6 is 0 Å². The summed E-state index contributed by atoms with van der Waals surface area (Å²) in [7, 11) is 1.76. The molecule has 0 aromatic heterocycles. The lowest BCUT2D eigenvalue weighted by Gasteiger charge is -2.25. The third kappa shape index (κ3) is 6.46. The summed E-state index contributed by atoms with van der Waals surface area (Å²) in [6.45, 7) is 3.75. The van der Waals surface area contributed by atoms with Crippen LogP contribution in [0.1, 0.15) is 90.7 Å². The van der Waals surface area contributed by atoms with Gasteiger partial charge in [-0.1, -0.05) is 97.6 Å². The Labute approximate surface area is 239 Å². The van der Waals surface area contributed by atoms with Crippen molar-refractivity contribution in [2.75, 3.05) is 7.11 Å². The highest BCUT2D eigenvalue weighted by molar-refractivity contribution is 5.99. The zero-order valence-corrected chi connectivity index (χ0v) is 24.2. The summed E-state index contributed by atoms with van der Waals surface area (Å²) in [6, 6.07) is 23.6. The minimum Gasteiger partial charge on any atom is -0.496 e. The Balaban J connectivity index is 1.43. The lowest BCUT2D eigenvalue weighted by molar-refractivity contribution is -0.120. The minimum absolute atomic E-state index is 0.0366. The van der Waals surface area contributed by atoms with E-state index in [1.165, 1.54) is 28.7 Å². The Morgan fingerprint density at radius 2 is 1.60 bits per heavy atom. The fraction of sp³-hybridized carbons (Fsp3) is 0.405. The lowest BCUT2D eigenvalue weighted by atomic mass is 9.79. The topological polar surface area (TPSA) is 43.4 Å². The minimum atomic E-state index is 0.0366. The molecule has 5 rings (SSSR count). The van der Waals surface area contributed by atoms with Gasteiger partial charge in [0.1, 0.15) is 11.5 Å². The Bertz CT molecular complexity index is 1370. The molecule has 0 saturated heterocycles. The number of hydrogen-bond acceptors (Lipinski definition) is 3. The normalized spacial score (nSPS) is 19.3. The predicted octanol–water partition coefficient (Wildman–Crippen LogP) is 8.27. The van der Waals surface area contributed by atoms with Crippen molar-refractivity contribution in [3.05, 3.63) is 112 Å². The van der Waals surface area contributed by atoms with Crippen LogP contribution in [0.4, 0.5) is 0 Å². The first-order valence-corrected chi connectivity index (χ1v) is 15.0. The number of ketones is 2. The molecule has 0 spiro atoms. The van der Waals surface area contributed by atoms with Crippen LogP contribution in [0.15, 0.2) is 78.4 Å². The molecule has 2 aliphatic carbocycles. The summed E-state index contributed by atoms with van der Waals surface area (Å²) in [5, 5.41) is 0. The molecule has 3 aromatic carbocycles. The Kier molecular flexibility index (Phi) is 8.99. The van der Waals surface area contributed by atoms with Crippen LogP contribution in [-0.2, 0) is 28.9 Å². The van der Waals surface area contributed by atoms with Gasteiger partial charge in [0.15, 0.2) is 5.78 Å². The van der Waals surface area contributed by atoms with Crippen molar-refractivity contribution in [2.45, 2.75) is 83.5 Å². The van der Waals surface area contributed by atoms with Crippen LogP contribution in [0.5, 0.6) is 5.75 Å². The summed E-state index contributed by atoms with van der Waals surface area (Å²) in [4.78, 5) is 25.6. The zero-order chi connectivity index (χ0) is 28.1. The second kappa shape index (κ2) is 12.8. The predicted molar refractivity (Wildman–Crippen MR) is 162 cm³/mol. The third-order valence-electron chi connectivity index (χ3n) is 8.85. The number of ether oxygens (including phenoxy) is 1. The molecule has 3 heteroatoms. The third-order valence-corrected chi connectivity index (χ3v) is 8.85. The standard InChI is InChI=1S/C37H42O3/c1-25-15-18-29(19-16-25)32-23-34(35(24-32)36(39)30-11-5-4-6-12-30)33-14-8-13-31(37(33)40-3)20-17-27-9-7-10-28(22-27)21-26(2)38/h7-10,13-16,18-19,22,24,30,32,34H,4-6,11-12,17,20-21,23H2,1-3H3. The average Bonchev–Trinajstić information content (AvgIpc) is 3.41. The first-order chi connectivity index (χ1) is 19.4. The number of aryl methyl sites for hydroxylation is 3. The Morgan fingerprint density at radius 3 is 2.33 bits per heavy atom. The van der Waals surface area contributed by atoms with Crippen molar-refractivity contribution in [2.24, 2.45) is 5.92 Å². The number of carbonyl (C=O) groups is 2. The van der Waals surface area contributed by atoms with Crippen molar-refractivity contribution in [3.63, 3.8) is 0 Å². The van der Waals surface area contributed by atoms with Crippen LogP contribution in [0.25, 0.3) is 0 Å². The lowest BCUT2D eigenvalue weighted by Crippen LogP contribution is -2.21. The fourth-order valence-corrected chi connectivity index (χ4v) is 6.76. The molecular formula is C37H42O3. The molecule has 0 bridgehead atoms. The summed E-state index contributed by atoms with van der Waals surface area (Å²) in [6.07, 6.45) is 10.9. The number of hydrogen-bond donors (Lipinski definition) is 0. The van der Waals surface area contributed by atoms with Gasteiger partial charge in [-0.05, 0) is 73.8 Å². The molecule has 2 atom stereocenters. The summed E-state index contributed by atoms with van der Waals surface area (Å²) in [5.41, 5.74) is 8.11. The molecule has 0 amide bonds. The highest BCUT2D eigenvalue weighted by Gasteiger charge is 2.37. The van der Waals surface area contributed by atoms with Crippen molar-refractivity contribution in [1.82, 2.24) is 0 Å². The molecule has 0 heterocycles. The number of carbonyl (C=O) groups excluding carboxylic acids is 2. The second-order valence-electron chi connectivity index (χ2n) is 11.9. The van der Waals surface area contributed by atoms with Gasteiger partial charge < -0.3 is 4.74 Å². The van der Waals surface area contributed by atoms with Crippen LogP contribution in [-0.4, -0.2) is 18.7 Å². The maximum Gasteiger partial charge on any atom is 0.162 e. The number of para-hydroxylation sites is 1. The van der Waals surface area contributed by atoms with Gasteiger partial charge in [0.25, 0.3) is 0 Å². The molecule has 2 aliphatic rings. The monoisotopic (exact) mass is 534 g/mol. The van der Waals surface area contributed by atoms with Crippen LogP contribution in [0.3, 0.4) is 0 Å². The molecule has 3 aromatic rings. The fourth-order valence-electron chi connectivity index (χ4n) is 6.76. The molecule has 40 heavy (non-hydrogen) atoms. The highest BCUT2D eigenvalue weighted by atomic mass is 16.5. The molecular weight excluding hydrogens is 492 g/mol. The van der Waals surface area contributed by atoms with E-state index in [1.807, 2.05) is 12.1 Å². The molecule has 2 unspecified atom stereocenters. The van der Waals surface area contributed by atoms with Gasteiger partial charge in [-0.25, -0.2) is 0 Å². The van der Waals surface area contributed by atoms with Gasteiger partial charge in [0.2, 0.25) is 0 Å². The van der Waals surface area contributed by atoms with E-state index in [0.717, 1.165) is 67.4 Å². The Morgan fingerprint density at radius 1 is 0.875 bits per heavy atom.